The average molecular weight is 330 g/mol. The number of hydrogen-bond donors (Lipinski definition) is 2. The third-order valence-corrected chi connectivity index (χ3v) is 3.66. The number of halogens is 2. The Morgan fingerprint density at radius 3 is 2.43 bits per heavy atom. The predicted molar refractivity (Wildman–Crippen MR) is 88.1 cm³/mol. The Balaban J connectivity index is 1.91. The molecule has 23 heavy (non-hydrogen) atoms. The van der Waals surface area contributed by atoms with Gasteiger partial charge in [-0.3, -0.25) is 9.89 Å². The number of H-pyrrole nitrogens is 1. The van der Waals surface area contributed by atoms with E-state index in [2.05, 4.69) is 15.5 Å². The number of rotatable bonds is 3. The van der Waals surface area contributed by atoms with Gasteiger partial charge >= 0.3 is 0 Å². The lowest BCUT2D eigenvalue weighted by Gasteiger charge is -2.07. The number of nitrogens with zero attached hydrogens (tertiary/aromatic N) is 1. The SMILES string of the molecule is Cc1[nH]nc(-c2ccc(F)cc2)c1NC(=O)c1ccc(Cl)cc1. The van der Waals surface area contributed by atoms with Crippen LogP contribution in [0.25, 0.3) is 11.3 Å². The summed E-state index contributed by atoms with van der Waals surface area (Å²) in [5.74, 6) is -0.595. The first-order valence-electron chi connectivity index (χ1n) is 6.92. The lowest BCUT2D eigenvalue weighted by atomic mass is 10.1. The van der Waals surface area contributed by atoms with Crippen LogP contribution in [-0.2, 0) is 0 Å². The summed E-state index contributed by atoms with van der Waals surface area (Å²) in [6.45, 7) is 1.80. The highest BCUT2D eigenvalue weighted by molar-refractivity contribution is 6.30. The fourth-order valence-corrected chi connectivity index (χ4v) is 2.31. The summed E-state index contributed by atoms with van der Waals surface area (Å²) >= 11 is 5.83. The van der Waals surface area contributed by atoms with E-state index in [-0.39, 0.29) is 11.7 Å². The zero-order chi connectivity index (χ0) is 16.4. The smallest absolute Gasteiger partial charge is 0.255 e. The topological polar surface area (TPSA) is 57.8 Å². The number of amides is 1. The number of carbonyl (C=O) groups excluding carboxylic acids is 1. The van der Waals surface area contributed by atoms with E-state index in [1.54, 1.807) is 43.3 Å². The Morgan fingerprint density at radius 2 is 1.78 bits per heavy atom. The first-order chi connectivity index (χ1) is 11.0. The van der Waals surface area contributed by atoms with Gasteiger partial charge in [0, 0.05) is 16.1 Å². The van der Waals surface area contributed by atoms with Crippen LogP contribution in [0.3, 0.4) is 0 Å². The minimum absolute atomic E-state index is 0.269. The highest BCUT2D eigenvalue weighted by Crippen LogP contribution is 2.29. The molecule has 0 bridgehead atoms. The number of carbonyl (C=O) groups is 1. The second kappa shape index (κ2) is 6.22. The number of anilines is 1. The molecule has 3 rings (SSSR count). The van der Waals surface area contributed by atoms with Crippen LogP contribution in [0.4, 0.5) is 10.1 Å². The Hall–Kier alpha value is -2.66. The molecule has 0 spiro atoms. The maximum absolute atomic E-state index is 13.1. The van der Waals surface area contributed by atoms with Gasteiger partial charge in [-0.1, -0.05) is 11.6 Å². The molecule has 1 aromatic heterocycles. The van der Waals surface area contributed by atoms with E-state index >= 15 is 0 Å². The Bertz CT molecular complexity index is 841. The fourth-order valence-electron chi connectivity index (χ4n) is 2.19. The van der Waals surface area contributed by atoms with Crippen LogP contribution in [0.2, 0.25) is 5.02 Å². The molecule has 1 amide bonds. The molecule has 1 heterocycles. The van der Waals surface area contributed by atoms with Gasteiger partial charge in [0.25, 0.3) is 5.91 Å². The second-order valence-electron chi connectivity index (χ2n) is 5.04. The van der Waals surface area contributed by atoms with E-state index in [0.29, 0.717) is 33.2 Å². The van der Waals surface area contributed by atoms with Crippen LogP contribution in [0.15, 0.2) is 48.5 Å². The van der Waals surface area contributed by atoms with Crippen LogP contribution < -0.4 is 5.32 Å². The van der Waals surface area contributed by atoms with Gasteiger partial charge in [0.1, 0.15) is 11.5 Å². The van der Waals surface area contributed by atoms with Gasteiger partial charge in [-0.25, -0.2) is 4.39 Å². The molecule has 2 aromatic carbocycles. The third kappa shape index (κ3) is 3.24. The second-order valence-corrected chi connectivity index (χ2v) is 5.48. The summed E-state index contributed by atoms with van der Waals surface area (Å²) < 4.78 is 13.1. The molecular weight excluding hydrogens is 317 g/mol. The molecule has 3 aromatic rings. The minimum Gasteiger partial charge on any atom is -0.319 e. The van der Waals surface area contributed by atoms with Gasteiger partial charge in [0.05, 0.1) is 11.4 Å². The van der Waals surface area contributed by atoms with E-state index in [1.165, 1.54) is 12.1 Å². The zero-order valence-electron chi connectivity index (χ0n) is 12.2. The van der Waals surface area contributed by atoms with Crippen LogP contribution in [0.5, 0.6) is 0 Å². The lowest BCUT2D eigenvalue weighted by Crippen LogP contribution is -2.12. The van der Waals surface area contributed by atoms with Crippen molar-refractivity contribution in [3.05, 3.63) is 70.6 Å². The third-order valence-electron chi connectivity index (χ3n) is 3.41. The predicted octanol–water partition coefficient (Wildman–Crippen LogP) is 4.43. The Morgan fingerprint density at radius 1 is 1.13 bits per heavy atom. The maximum Gasteiger partial charge on any atom is 0.255 e. The van der Waals surface area contributed by atoms with E-state index in [1.807, 2.05) is 0 Å². The molecule has 4 nitrogen and oxygen atoms in total. The van der Waals surface area contributed by atoms with Crippen molar-refractivity contribution in [2.24, 2.45) is 0 Å². The highest BCUT2D eigenvalue weighted by atomic mass is 35.5. The molecular formula is C17H13ClFN3O. The zero-order valence-corrected chi connectivity index (χ0v) is 13.0. The first kappa shape index (κ1) is 15.2. The number of nitrogens with one attached hydrogen (secondary N) is 2. The molecule has 6 heteroatoms. The minimum atomic E-state index is -0.326. The molecule has 0 saturated carbocycles. The Labute approximate surface area is 137 Å². The van der Waals surface area contributed by atoms with Crippen molar-refractivity contribution in [3.8, 4) is 11.3 Å². The van der Waals surface area contributed by atoms with Crippen molar-refractivity contribution in [2.75, 3.05) is 5.32 Å². The van der Waals surface area contributed by atoms with Crippen molar-refractivity contribution in [2.45, 2.75) is 6.92 Å². The molecule has 0 aliphatic carbocycles. The van der Waals surface area contributed by atoms with E-state index in [0.717, 1.165) is 0 Å². The highest BCUT2D eigenvalue weighted by Gasteiger charge is 2.16. The number of aromatic amines is 1. The van der Waals surface area contributed by atoms with Gasteiger partial charge < -0.3 is 5.32 Å². The molecule has 0 radical (unpaired) electrons. The standard InChI is InChI=1S/C17H13ClFN3O/c1-10-15(20-17(23)12-2-6-13(18)7-3-12)16(22-21-10)11-4-8-14(19)9-5-11/h2-9H,1H3,(H,20,23)(H,21,22). The molecule has 0 saturated heterocycles. The number of aromatic nitrogens is 2. The lowest BCUT2D eigenvalue weighted by molar-refractivity contribution is 0.102. The Kier molecular flexibility index (Phi) is 4.12. The monoisotopic (exact) mass is 329 g/mol. The van der Waals surface area contributed by atoms with Crippen molar-refractivity contribution in [1.82, 2.24) is 10.2 Å². The van der Waals surface area contributed by atoms with Crippen molar-refractivity contribution in [3.63, 3.8) is 0 Å². The van der Waals surface area contributed by atoms with Crippen molar-refractivity contribution < 1.29 is 9.18 Å². The summed E-state index contributed by atoms with van der Waals surface area (Å²) in [7, 11) is 0. The van der Waals surface area contributed by atoms with Crippen LogP contribution in [-0.4, -0.2) is 16.1 Å². The van der Waals surface area contributed by atoms with Gasteiger partial charge in [0.15, 0.2) is 0 Å². The summed E-state index contributed by atoms with van der Waals surface area (Å²) in [4.78, 5) is 12.4. The number of hydrogen-bond acceptors (Lipinski definition) is 2. The fraction of sp³-hybridized carbons (Fsp3) is 0.0588. The molecule has 2 N–H and O–H groups in total. The van der Waals surface area contributed by atoms with E-state index in [4.69, 9.17) is 11.6 Å². The molecule has 0 aliphatic rings. The van der Waals surface area contributed by atoms with Gasteiger partial charge in [-0.15, -0.1) is 0 Å². The van der Waals surface area contributed by atoms with Crippen LogP contribution >= 0.6 is 11.6 Å². The van der Waals surface area contributed by atoms with E-state index in [9.17, 15) is 9.18 Å². The van der Waals surface area contributed by atoms with Crippen molar-refractivity contribution >= 4 is 23.2 Å². The van der Waals surface area contributed by atoms with E-state index < -0.39 is 0 Å². The summed E-state index contributed by atoms with van der Waals surface area (Å²) in [5, 5.41) is 10.4. The summed E-state index contributed by atoms with van der Waals surface area (Å²) in [6.07, 6.45) is 0. The first-order valence-corrected chi connectivity index (χ1v) is 7.30. The molecule has 0 fully saturated rings. The molecule has 0 atom stereocenters. The van der Waals surface area contributed by atoms with Crippen LogP contribution in [0.1, 0.15) is 16.1 Å². The molecule has 116 valence electrons. The van der Waals surface area contributed by atoms with Crippen molar-refractivity contribution in [1.29, 1.82) is 0 Å². The van der Waals surface area contributed by atoms with Gasteiger partial charge in [-0.05, 0) is 55.5 Å². The van der Waals surface area contributed by atoms with Gasteiger partial charge in [0.2, 0.25) is 0 Å². The quantitative estimate of drug-likeness (QED) is 0.746. The maximum atomic E-state index is 13.1. The summed E-state index contributed by atoms with van der Waals surface area (Å²) in [6, 6.07) is 12.5. The normalized spacial score (nSPS) is 10.6. The molecule has 0 unspecified atom stereocenters. The van der Waals surface area contributed by atoms with Gasteiger partial charge in [-0.2, -0.15) is 5.10 Å². The number of aryl methyl sites for hydroxylation is 1. The van der Waals surface area contributed by atoms with Crippen LogP contribution in [0, 0.1) is 12.7 Å². The molecule has 0 aliphatic heterocycles. The largest absolute Gasteiger partial charge is 0.319 e. The number of benzene rings is 2. The summed E-state index contributed by atoms with van der Waals surface area (Å²) in [5.41, 5.74) is 3.04. The average Bonchev–Trinajstić information content (AvgIpc) is 2.90.